The molecule has 7 rings (SSSR count). The van der Waals surface area contributed by atoms with Crippen LogP contribution in [0.3, 0.4) is 0 Å². The number of cyclic esters (lactones) is 1. The lowest BCUT2D eigenvalue weighted by Crippen LogP contribution is -2.60. The van der Waals surface area contributed by atoms with Gasteiger partial charge >= 0.3 is 12.2 Å². The van der Waals surface area contributed by atoms with E-state index in [4.69, 9.17) is 14.2 Å². The Hall–Kier alpha value is -4.08. The largest absolute Gasteiger partial charge is 0.493 e. The number of nitrogens with one attached hydrogen (secondary N) is 3. The quantitative estimate of drug-likeness (QED) is 0.386. The average Bonchev–Trinajstić information content (AvgIpc) is 4.07. The van der Waals surface area contributed by atoms with Crippen molar-refractivity contribution >= 4 is 39.9 Å². The Kier molecular flexibility index (Phi) is 10.1. The van der Waals surface area contributed by atoms with Crippen LogP contribution in [0.2, 0.25) is 0 Å². The summed E-state index contributed by atoms with van der Waals surface area (Å²) in [5.41, 5.74) is -0.529. The highest BCUT2D eigenvalue weighted by Gasteiger charge is 2.62. The zero-order valence-corrected chi connectivity index (χ0v) is 32.4. The summed E-state index contributed by atoms with van der Waals surface area (Å²) in [5.74, 6) is -1.64. The Morgan fingerprint density at radius 1 is 1.04 bits per heavy atom. The molecule has 296 valence electrons. The minimum Gasteiger partial charge on any atom is -0.493 e. The van der Waals surface area contributed by atoms with E-state index >= 15 is 0 Å². The fraction of sp³-hybridized carbons (Fsp3) is 0.711. The van der Waals surface area contributed by atoms with Gasteiger partial charge in [0.1, 0.15) is 29.5 Å². The van der Waals surface area contributed by atoms with Gasteiger partial charge in [0.15, 0.2) is 0 Å². The third-order valence-corrected chi connectivity index (χ3v) is 13.9. The van der Waals surface area contributed by atoms with Crippen LogP contribution in [0.25, 0.3) is 0 Å². The number of amides is 5. The van der Waals surface area contributed by atoms with E-state index in [0.717, 1.165) is 43.2 Å². The Morgan fingerprint density at radius 2 is 1.80 bits per heavy atom. The maximum Gasteiger partial charge on any atom is 0.410 e. The molecule has 3 N–H and O–H groups in total. The van der Waals surface area contributed by atoms with Crippen LogP contribution in [0, 0.1) is 16.7 Å². The maximum atomic E-state index is 14.5. The second kappa shape index (κ2) is 14.2. The van der Waals surface area contributed by atoms with Crippen molar-refractivity contribution in [2.75, 3.05) is 19.8 Å². The Bertz CT molecular complexity index is 1800. The van der Waals surface area contributed by atoms with Gasteiger partial charge in [0.2, 0.25) is 21.8 Å². The summed E-state index contributed by atoms with van der Waals surface area (Å²) in [4.78, 5) is 72.1. The standard InChI is InChI=1S/C38H53N5O10S/c1-5-24-18-38(24,33(46)41-54(49,50)26-11-12-26)40-31(44)28-17-25-20-43(28)32(45)30(36(2,3)4)39-34(47)52-22-37(14-15-37)13-6-7-16-51-29-10-8-9-23-19-42(21-27(23)29)35(48)53-25/h8-10,24-26,28,30H,5-7,11-22H2,1-4H3,(H,39,47)(H,40,44)(H,41,46)/t24-,25?,28-,30+,38-/m0/s1. The molecule has 1 unspecified atom stereocenters. The lowest BCUT2D eigenvalue weighted by atomic mass is 9.85. The van der Waals surface area contributed by atoms with Gasteiger partial charge in [-0.2, -0.15) is 0 Å². The lowest BCUT2D eigenvalue weighted by Gasteiger charge is -2.35. The van der Waals surface area contributed by atoms with Gasteiger partial charge in [-0.15, -0.1) is 0 Å². The van der Waals surface area contributed by atoms with E-state index in [-0.39, 0.29) is 43.9 Å². The molecule has 1 aromatic carbocycles. The smallest absolute Gasteiger partial charge is 0.410 e. The van der Waals surface area contributed by atoms with Gasteiger partial charge in [-0.05, 0) is 74.3 Å². The number of rotatable bonds is 6. The van der Waals surface area contributed by atoms with E-state index in [1.54, 1.807) is 25.7 Å². The van der Waals surface area contributed by atoms with Gasteiger partial charge in [0.25, 0.3) is 5.91 Å². The SMILES string of the molecule is CC[C@H]1C[C@@]1(NC(=O)[C@@H]1CC2CN1C(=O)[C@H](C(C)(C)C)NC(=O)OCC1(CCCCOc3cccc4c3CN(C4)C(=O)O2)CC1)C(=O)NS(=O)(=O)C1CC1. The molecule has 3 saturated carbocycles. The summed E-state index contributed by atoms with van der Waals surface area (Å²) in [6.45, 7) is 8.40. The van der Waals surface area contributed by atoms with Gasteiger partial charge in [0, 0.05) is 23.9 Å². The van der Waals surface area contributed by atoms with E-state index < -0.39 is 74.3 Å². The minimum absolute atomic E-state index is 0.0723. The molecule has 5 amide bonds. The fourth-order valence-corrected chi connectivity index (χ4v) is 9.53. The van der Waals surface area contributed by atoms with Crippen LogP contribution in [0.1, 0.15) is 103 Å². The molecule has 3 aliphatic carbocycles. The number of hydrogen-bond donors (Lipinski definition) is 3. The molecule has 1 spiro atoms. The Labute approximate surface area is 316 Å². The molecular formula is C38H53N5O10S. The van der Waals surface area contributed by atoms with E-state index in [9.17, 15) is 32.4 Å². The first-order valence-corrected chi connectivity index (χ1v) is 20.9. The first-order valence-electron chi connectivity index (χ1n) is 19.4. The van der Waals surface area contributed by atoms with E-state index in [1.165, 1.54) is 4.90 Å². The highest BCUT2D eigenvalue weighted by atomic mass is 32.2. The van der Waals surface area contributed by atoms with Crippen molar-refractivity contribution in [3.8, 4) is 5.75 Å². The van der Waals surface area contributed by atoms with Gasteiger partial charge in [0.05, 0.1) is 31.6 Å². The molecule has 3 aliphatic heterocycles. The van der Waals surface area contributed by atoms with E-state index in [2.05, 4.69) is 15.4 Å². The number of nitrogens with zero attached hydrogens (tertiary/aromatic N) is 2. The first-order chi connectivity index (χ1) is 25.5. The molecule has 54 heavy (non-hydrogen) atoms. The Morgan fingerprint density at radius 3 is 2.46 bits per heavy atom. The van der Waals surface area contributed by atoms with Crippen molar-refractivity contribution in [2.24, 2.45) is 16.7 Å². The molecule has 3 heterocycles. The van der Waals surface area contributed by atoms with Gasteiger partial charge in [-0.1, -0.05) is 46.2 Å². The fourth-order valence-electron chi connectivity index (χ4n) is 8.16. The summed E-state index contributed by atoms with van der Waals surface area (Å²) in [5, 5.41) is 4.96. The van der Waals surface area contributed by atoms with E-state index in [0.29, 0.717) is 38.2 Å². The minimum atomic E-state index is -3.88. The number of hydrogen-bond acceptors (Lipinski definition) is 10. The molecule has 16 heteroatoms. The predicted octanol–water partition coefficient (Wildman–Crippen LogP) is 3.49. The molecule has 1 saturated heterocycles. The number of sulfonamides is 1. The molecule has 0 aromatic heterocycles. The number of ether oxygens (including phenoxy) is 3. The number of fused-ring (bicyclic) bond motifs is 3. The normalized spacial score (nSPS) is 30.0. The highest BCUT2D eigenvalue weighted by Crippen LogP contribution is 2.50. The van der Waals surface area contributed by atoms with Crippen molar-refractivity contribution in [1.82, 2.24) is 25.2 Å². The second-order valence-corrected chi connectivity index (χ2v) is 19.2. The van der Waals surface area contributed by atoms with Gasteiger partial charge < -0.3 is 29.7 Å². The Balaban J connectivity index is 1.15. The average molecular weight is 772 g/mol. The maximum absolute atomic E-state index is 14.5. The lowest BCUT2D eigenvalue weighted by molar-refractivity contribution is -0.143. The van der Waals surface area contributed by atoms with E-state index in [1.807, 2.05) is 25.1 Å². The molecule has 1 aromatic rings. The van der Waals surface area contributed by atoms with Gasteiger partial charge in [-0.25, -0.2) is 18.0 Å². The molecule has 5 atom stereocenters. The van der Waals surface area contributed by atoms with Crippen LogP contribution < -0.4 is 20.1 Å². The van der Waals surface area contributed by atoms with Gasteiger partial charge in [-0.3, -0.25) is 24.0 Å². The number of benzene rings is 1. The topological polar surface area (TPSA) is 190 Å². The van der Waals surface area contributed by atoms with Crippen molar-refractivity contribution in [3.63, 3.8) is 0 Å². The van der Waals surface area contributed by atoms with Crippen LogP contribution >= 0.6 is 0 Å². The molecular weight excluding hydrogens is 719 g/mol. The monoisotopic (exact) mass is 771 g/mol. The summed E-state index contributed by atoms with van der Waals surface area (Å²) in [7, 11) is -3.88. The van der Waals surface area contributed by atoms with Crippen LogP contribution in [-0.2, 0) is 47.0 Å². The van der Waals surface area contributed by atoms with Crippen molar-refractivity contribution in [3.05, 3.63) is 29.3 Å². The second-order valence-electron chi connectivity index (χ2n) is 17.3. The highest BCUT2D eigenvalue weighted by molar-refractivity contribution is 7.91. The zero-order chi connectivity index (χ0) is 38.6. The molecule has 4 bridgehead atoms. The zero-order valence-electron chi connectivity index (χ0n) is 31.6. The molecule has 0 radical (unpaired) electrons. The number of alkyl carbamates (subject to hydrolysis) is 1. The van der Waals surface area contributed by atoms with Crippen LogP contribution in [0.4, 0.5) is 9.59 Å². The third kappa shape index (κ3) is 7.85. The number of carbonyl (C=O) groups excluding carboxylic acids is 5. The summed E-state index contributed by atoms with van der Waals surface area (Å²) in [6.07, 6.45) is 3.82. The van der Waals surface area contributed by atoms with Crippen LogP contribution in [0.5, 0.6) is 5.75 Å². The van der Waals surface area contributed by atoms with Crippen molar-refractivity contribution < 1.29 is 46.6 Å². The summed E-state index contributed by atoms with van der Waals surface area (Å²) >= 11 is 0. The van der Waals surface area contributed by atoms with Crippen LogP contribution in [0.15, 0.2) is 18.2 Å². The summed E-state index contributed by atoms with van der Waals surface area (Å²) in [6, 6.07) is 3.43. The molecule has 15 nitrogen and oxygen atoms in total. The van der Waals surface area contributed by atoms with Crippen molar-refractivity contribution in [1.29, 1.82) is 0 Å². The first kappa shape index (κ1) is 38.2. The predicted molar refractivity (Wildman–Crippen MR) is 194 cm³/mol. The number of carbonyl (C=O) groups is 5. The summed E-state index contributed by atoms with van der Waals surface area (Å²) < 4.78 is 45.5. The third-order valence-electron chi connectivity index (χ3n) is 12.1. The molecule has 4 fully saturated rings. The molecule has 6 aliphatic rings. The van der Waals surface area contributed by atoms with Crippen molar-refractivity contribution in [2.45, 2.75) is 134 Å². The van der Waals surface area contributed by atoms with Crippen LogP contribution in [-0.4, -0.2) is 96.9 Å².